The highest BCUT2D eigenvalue weighted by Crippen LogP contribution is 2.31. The van der Waals surface area contributed by atoms with E-state index in [1.54, 1.807) is 18.4 Å². The number of aromatic nitrogens is 2. The monoisotopic (exact) mass is 317 g/mol. The Bertz CT molecular complexity index is 669. The standard InChI is InChI=1S/C13H14Cl2FN3O/c1-6(3-12(17)20)19-11-5-9(16)8(15)4-10(11)18-13(19)7(2)14/h4-7H,3H2,1-2H3,(H2,17,20). The van der Waals surface area contributed by atoms with Crippen molar-refractivity contribution in [2.24, 2.45) is 5.73 Å². The quantitative estimate of drug-likeness (QED) is 0.876. The van der Waals surface area contributed by atoms with Crippen molar-refractivity contribution in [3.05, 3.63) is 28.8 Å². The van der Waals surface area contributed by atoms with Gasteiger partial charge in [-0.2, -0.15) is 0 Å². The topological polar surface area (TPSA) is 60.9 Å². The minimum atomic E-state index is -0.541. The Morgan fingerprint density at radius 1 is 1.50 bits per heavy atom. The van der Waals surface area contributed by atoms with Crippen LogP contribution < -0.4 is 5.73 Å². The van der Waals surface area contributed by atoms with Gasteiger partial charge in [-0.1, -0.05) is 11.6 Å². The molecule has 0 spiro atoms. The zero-order valence-electron chi connectivity index (χ0n) is 11.0. The lowest BCUT2D eigenvalue weighted by Gasteiger charge is -2.17. The molecule has 0 saturated carbocycles. The molecule has 0 aliphatic heterocycles. The molecule has 20 heavy (non-hydrogen) atoms. The number of benzene rings is 1. The Labute approximate surface area is 125 Å². The molecule has 1 amide bonds. The first-order chi connectivity index (χ1) is 9.31. The van der Waals surface area contributed by atoms with E-state index in [0.717, 1.165) is 0 Å². The molecule has 2 N–H and O–H groups in total. The van der Waals surface area contributed by atoms with Crippen LogP contribution in [0.2, 0.25) is 5.02 Å². The van der Waals surface area contributed by atoms with Crippen LogP contribution in [0.1, 0.15) is 37.5 Å². The average Bonchev–Trinajstić information content (AvgIpc) is 2.67. The van der Waals surface area contributed by atoms with Gasteiger partial charge in [0, 0.05) is 18.5 Å². The van der Waals surface area contributed by atoms with Crippen molar-refractivity contribution in [1.82, 2.24) is 9.55 Å². The minimum Gasteiger partial charge on any atom is -0.370 e. The SMILES string of the molecule is CC(Cl)c1nc2cc(Cl)c(F)cc2n1C(C)CC(N)=O. The highest BCUT2D eigenvalue weighted by atomic mass is 35.5. The Balaban J connectivity index is 2.67. The number of amides is 1. The van der Waals surface area contributed by atoms with Gasteiger partial charge in [0.15, 0.2) is 0 Å². The van der Waals surface area contributed by atoms with Crippen LogP contribution in [0, 0.1) is 5.82 Å². The molecule has 1 aromatic carbocycles. The molecule has 4 nitrogen and oxygen atoms in total. The van der Waals surface area contributed by atoms with Gasteiger partial charge in [-0.05, 0) is 19.9 Å². The lowest BCUT2D eigenvalue weighted by atomic mass is 10.2. The summed E-state index contributed by atoms with van der Waals surface area (Å²) in [6, 6.07) is 2.47. The summed E-state index contributed by atoms with van der Waals surface area (Å²) in [4.78, 5) is 15.5. The predicted molar refractivity (Wildman–Crippen MR) is 77.5 cm³/mol. The van der Waals surface area contributed by atoms with E-state index in [9.17, 15) is 9.18 Å². The zero-order valence-corrected chi connectivity index (χ0v) is 12.5. The highest BCUT2D eigenvalue weighted by Gasteiger charge is 2.21. The summed E-state index contributed by atoms with van der Waals surface area (Å²) in [7, 11) is 0. The zero-order chi connectivity index (χ0) is 15.0. The summed E-state index contributed by atoms with van der Waals surface area (Å²) in [6.45, 7) is 3.56. The number of primary amides is 1. The highest BCUT2D eigenvalue weighted by molar-refractivity contribution is 6.31. The van der Waals surface area contributed by atoms with Crippen molar-refractivity contribution in [2.45, 2.75) is 31.7 Å². The summed E-state index contributed by atoms with van der Waals surface area (Å²) in [5, 5.41) is -0.391. The van der Waals surface area contributed by atoms with Crippen LogP contribution in [0.5, 0.6) is 0 Å². The number of imidazole rings is 1. The molecule has 0 saturated heterocycles. The molecule has 1 aromatic heterocycles. The van der Waals surface area contributed by atoms with E-state index in [1.807, 2.05) is 0 Å². The van der Waals surface area contributed by atoms with E-state index in [1.165, 1.54) is 12.1 Å². The number of rotatable bonds is 4. The van der Waals surface area contributed by atoms with Gasteiger partial charge < -0.3 is 10.3 Å². The molecule has 1 heterocycles. The summed E-state index contributed by atoms with van der Waals surface area (Å²) < 4.78 is 15.4. The third kappa shape index (κ3) is 2.74. The first-order valence-corrected chi connectivity index (χ1v) is 6.92. The van der Waals surface area contributed by atoms with Gasteiger partial charge in [-0.25, -0.2) is 9.37 Å². The van der Waals surface area contributed by atoms with Crippen molar-refractivity contribution in [3.63, 3.8) is 0 Å². The Morgan fingerprint density at radius 3 is 2.70 bits per heavy atom. The number of halogens is 3. The fourth-order valence-electron chi connectivity index (χ4n) is 2.24. The molecule has 0 fully saturated rings. The normalized spacial score (nSPS) is 14.4. The molecule has 2 rings (SSSR count). The average molecular weight is 318 g/mol. The number of carbonyl (C=O) groups excluding carboxylic acids is 1. The van der Waals surface area contributed by atoms with Crippen molar-refractivity contribution in [2.75, 3.05) is 0 Å². The molecule has 0 bridgehead atoms. The van der Waals surface area contributed by atoms with E-state index in [-0.39, 0.29) is 22.9 Å². The summed E-state index contributed by atoms with van der Waals surface area (Å²) >= 11 is 11.9. The van der Waals surface area contributed by atoms with E-state index >= 15 is 0 Å². The van der Waals surface area contributed by atoms with Gasteiger partial charge in [0.2, 0.25) is 5.91 Å². The Kier molecular flexibility index (Phi) is 4.20. The minimum absolute atomic E-state index is 0.00141. The van der Waals surface area contributed by atoms with Crippen LogP contribution in [0.15, 0.2) is 12.1 Å². The maximum Gasteiger partial charge on any atom is 0.219 e. The predicted octanol–water partition coefficient (Wildman–Crippen LogP) is 3.57. The number of fused-ring (bicyclic) bond motifs is 1. The van der Waals surface area contributed by atoms with Crippen LogP contribution in [0.25, 0.3) is 11.0 Å². The van der Waals surface area contributed by atoms with Gasteiger partial charge in [0.1, 0.15) is 11.6 Å². The first kappa shape index (κ1) is 15.1. The third-order valence-corrected chi connectivity index (χ3v) is 3.54. The number of nitrogens with two attached hydrogens (primary N) is 1. The van der Waals surface area contributed by atoms with Crippen LogP contribution >= 0.6 is 23.2 Å². The van der Waals surface area contributed by atoms with Crippen LogP contribution in [-0.4, -0.2) is 15.5 Å². The number of carbonyl (C=O) groups is 1. The number of hydrogen-bond acceptors (Lipinski definition) is 2. The van der Waals surface area contributed by atoms with Gasteiger partial charge in [-0.15, -0.1) is 11.6 Å². The smallest absolute Gasteiger partial charge is 0.219 e. The molecule has 2 unspecified atom stereocenters. The van der Waals surface area contributed by atoms with Gasteiger partial charge >= 0.3 is 0 Å². The molecule has 2 atom stereocenters. The molecule has 7 heteroatoms. The van der Waals surface area contributed by atoms with E-state index in [2.05, 4.69) is 4.98 Å². The van der Waals surface area contributed by atoms with Crippen molar-refractivity contribution in [1.29, 1.82) is 0 Å². The number of nitrogens with zero attached hydrogens (tertiary/aromatic N) is 2. The molecular weight excluding hydrogens is 304 g/mol. The molecule has 0 radical (unpaired) electrons. The summed E-state index contributed by atoms with van der Waals surface area (Å²) in [6.07, 6.45) is 0.117. The van der Waals surface area contributed by atoms with Crippen LogP contribution in [0.4, 0.5) is 4.39 Å². The van der Waals surface area contributed by atoms with Gasteiger partial charge in [-0.3, -0.25) is 4.79 Å². The van der Waals surface area contributed by atoms with Crippen LogP contribution in [0.3, 0.4) is 0 Å². The molecule has 0 aliphatic rings. The third-order valence-electron chi connectivity index (χ3n) is 3.05. The molecular formula is C13H14Cl2FN3O. The lowest BCUT2D eigenvalue weighted by Crippen LogP contribution is -2.19. The largest absolute Gasteiger partial charge is 0.370 e. The molecule has 0 aliphatic carbocycles. The molecule has 108 valence electrons. The van der Waals surface area contributed by atoms with Crippen molar-refractivity contribution < 1.29 is 9.18 Å². The first-order valence-electron chi connectivity index (χ1n) is 6.10. The van der Waals surface area contributed by atoms with Crippen LogP contribution in [-0.2, 0) is 4.79 Å². The van der Waals surface area contributed by atoms with Crippen molar-refractivity contribution in [3.8, 4) is 0 Å². The Hall–Kier alpha value is -1.33. The fraction of sp³-hybridized carbons (Fsp3) is 0.385. The van der Waals surface area contributed by atoms with E-state index < -0.39 is 11.7 Å². The van der Waals surface area contributed by atoms with Gasteiger partial charge in [0.05, 0.1) is 21.4 Å². The summed E-state index contributed by atoms with van der Waals surface area (Å²) in [5.41, 5.74) is 6.30. The number of hydrogen-bond donors (Lipinski definition) is 1. The Morgan fingerprint density at radius 2 is 2.15 bits per heavy atom. The van der Waals surface area contributed by atoms with Crippen molar-refractivity contribution >= 4 is 40.1 Å². The maximum absolute atomic E-state index is 13.7. The van der Waals surface area contributed by atoms with E-state index in [0.29, 0.717) is 16.9 Å². The maximum atomic E-state index is 13.7. The number of alkyl halides is 1. The fourth-order valence-corrected chi connectivity index (χ4v) is 2.55. The summed E-state index contributed by atoms with van der Waals surface area (Å²) in [5.74, 6) is -0.431. The second kappa shape index (κ2) is 5.58. The lowest BCUT2D eigenvalue weighted by molar-refractivity contribution is -0.118. The second-order valence-electron chi connectivity index (χ2n) is 4.73. The van der Waals surface area contributed by atoms with Gasteiger partial charge in [0.25, 0.3) is 0 Å². The second-order valence-corrected chi connectivity index (χ2v) is 5.79. The molecule has 2 aromatic rings. The van der Waals surface area contributed by atoms with E-state index in [4.69, 9.17) is 28.9 Å².